The number of benzene rings is 2. The molecular weight excluding hydrogens is 311 g/mol. The molecule has 0 saturated heterocycles. The van der Waals surface area contributed by atoms with Crippen LogP contribution in [-0.4, -0.2) is 12.7 Å². The lowest BCUT2D eigenvalue weighted by Gasteiger charge is -2.12. The molecule has 0 radical (unpaired) electrons. The molecule has 2 aromatic rings. The zero-order valence-electron chi connectivity index (χ0n) is 11.8. The summed E-state index contributed by atoms with van der Waals surface area (Å²) in [5, 5.41) is 2.48. The summed E-state index contributed by atoms with van der Waals surface area (Å²) in [4.78, 5) is 12.1. The maximum atomic E-state index is 12.9. The van der Waals surface area contributed by atoms with Gasteiger partial charge >= 0.3 is 6.18 Å². The van der Waals surface area contributed by atoms with Gasteiger partial charge in [0.05, 0.1) is 11.1 Å². The van der Waals surface area contributed by atoms with Gasteiger partial charge in [0.25, 0.3) is 5.91 Å². The summed E-state index contributed by atoms with van der Waals surface area (Å²) in [6, 6.07) is 9.75. The quantitative estimate of drug-likeness (QED) is 0.942. The number of amides is 1. The van der Waals surface area contributed by atoms with Crippen molar-refractivity contribution in [3.8, 4) is 11.5 Å². The van der Waals surface area contributed by atoms with E-state index in [2.05, 4.69) is 5.32 Å². The summed E-state index contributed by atoms with van der Waals surface area (Å²) in [5.41, 5.74) is -0.656. The first kappa shape index (κ1) is 15.2. The highest BCUT2D eigenvalue weighted by Crippen LogP contribution is 2.33. The second-order valence-electron chi connectivity index (χ2n) is 4.91. The molecule has 1 N–H and O–H groups in total. The fraction of sp³-hybridized carbons (Fsp3) is 0.188. The van der Waals surface area contributed by atoms with Crippen molar-refractivity contribution in [3.05, 3.63) is 59.2 Å². The van der Waals surface area contributed by atoms with E-state index in [4.69, 9.17) is 9.47 Å². The number of carbonyl (C=O) groups is 1. The second kappa shape index (κ2) is 5.83. The highest BCUT2D eigenvalue weighted by Gasteiger charge is 2.34. The average Bonchev–Trinajstić information content (AvgIpc) is 2.99. The summed E-state index contributed by atoms with van der Waals surface area (Å²) < 4.78 is 49.1. The maximum Gasteiger partial charge on any atom is 0.417 e. The van der Waals surface area contributed by atoms with Crippen molar-refractivity contribution in [3.63, 3.8) is 0 Å². The Morgan fingerprint density at radius 2 is 1.83 bits per heavy atom. The van der Waals surface area contributed by atoms with E-state index in [-0.39, 0.29) is 13.3 Å². The monoisotopic (exact) mass is 323 g/mol. The molecular formula is C16H12F3NO3. The van der Waals surface area contributed by atoms with Gasteiger partial charge in [0.1, 0.15) is 0 Å². The normalized spacial score (nSPS) is 13.0. The molecule has 0 aliphatic carbocycles. The topological polar surface area (TPSA) is 47.6 Å². The molecule has 0 fully saturated rings. The Balaban J connectivity index is 1.73. The van der Waals surface area contributed by atoms with Crippen molar-refractivity contribution in [2.24, 2.45) is 0 Å². The van der Waals surface area contributed by atoms with Crippen molar-refractivity contribution in [2.45, 2.75) is 12.7 Å². The van der Waals surface area contributed by atoms with Crippen LogP contribution in [0.5, 0.6) is 11.5 Å². The maximum absolute atomic E-state index is 12.9. The van der Waals surface area contributed by atoms with Crippen molar-refractivity contribution < 1.29 is 27.4 Å². The van der Waals surface area contributed by atoms with Gasteiger partial charge in [-0.3, -0.25) is 4.79 Å². The zero-order valence-corrected chi connectivity index (χ0v) is 11.8. The standard InChI is InChI=1S/C16H12F3NO3/c17-16(18,19)12-4-2-1-3-11(12)15(21)20-8-10-5-6-13-14(7-10)23-9-22-13/h1-7H,8-9H2,(H,20,21). The van der Waals surface area contributed by atoms with E-state index in [9.17, 15) is 18.0 Å². The van der Waals surface area contributed by atoms with Crippen molar-refractivity contribution in [2.75, 3.05) is 6.79 Å². The lowest BCUT2D eigenvalue weighted by atomic mass is 10.1. The van der Waals surface area contributed by atoms with E-state index in [1.54, 1.807) is 18.2 Å². The van der Waals surface area contributed by atoms with Gasteiger partial charge in [-0.25, -0.2) is 0 Å². The fourth-order valence-corrected chi connectivity index (χ4v) is 2.26. The summed E-state index contributed by atoms with van der Waals surface area (Å²) in [6.07, 6.45) is -4.58. The average molecular weight is 323 g/mol. The summed E-state index contributed by atoms with van der Waals surface area (Å²) in [6.45, 7) is 0.214. The first-order valence-corrected chi connectivity index (χ1v) is 6.78. The number of alkyl halides is 3. The van der Waals surface area contributed by atoms with Crippen molar-refractivity contribution >= 4 is 5.91 Å². The molecule has 0 aromatic heterocycles. The van der Waals surface area contributed by atoms with Gasteiger partial charge in [-0.1, -0.05) is 18.2 Å². The lowest BCUT2D eigenvalue weighted by molar-refractivity contribution is -0.137. The van der Waals surface area contributed by atoms with Crippen molar-refractivity contribution in [1.29, 1.82) is 0 Å². The smallest absolute Gasteiger partial charge is 0.417 e. The third-order valence-electron chi connectivity index (χ3n) is 3.37. The van der Waals surface area contributed by atoms with Gasteiger partial charge in [-0.2, -0.15) is 13.2 Å². The third kappa shape index (κ3) is 3.23. The molecule has 23 heavy (non-hydrogen) atoms. The van der Waals surface area contributed by atoms with Crippen LogP contribution in [0.25, 0.3) is 0 Å². The van der Waals surface area contributed by atoms with Crippen LogP contribution in [-0.2, 0) is 12.7 Å². The highest BCUT2D eigenvalue weighted by molar-refractivity contribution is 5.95. The van der Waals surface area contributed by atoms with E-state index < -0.39 is 23.2 Å². The molecule has 2 aromatic carbocycles. The molecule has 4 nitrogen and oxygen atoms in total. The van der Waals surface area contributed by atoms with E-state index >= 15 is 0 Å². The number of hydrogen-bond acceptors (Lipinski definition) is 3. The van der Waals surface area contributed by atoms with Crippen LogP contribution < -0.4 is 14.8 Å². The Morgan fingerprint density at radius 1 is 1.09 bits per heavy atom. The Hall–Kier alpha value is -2.70. The molecule has 3 rings (SSSR count). The van der Waals surface area contributed by atoms with Gasteiger partial charge in [0.2, 0.25) is 6.79 Å². The molecule has 0 saturated carbocycles. The fourth-order valence-electron chi connectivity index (χ4n) is 2.26. The van der Waals surface area contributed by atoms with Crippen LogP contribution in [0.15, 0.2) is 42.5 Å². The van der Waals surface area contributed by atoms with E-state index in [0.717, 1.165) is 12.1 Å². The number of hydrogen-bond donors (Lipinski definition) is 1. The van der Waals surface area contributed by atoms with Crippen LogP contribution in [0.2, 0.25) is 0 Å². The predicted octanol–water partition coefficient (Wildman–Crippen LogP) is 3.36. The number of carbonyl (C=O) groups excluding carboxylic acids is 1. The number of halogens is 3. The van der Waals surface area contributed by atoms with Gasteiger partial charge in [0, 0.05) is 6.54 Å². The number of nitrogens with one attached hydrogen (secondary N) is 1. The first-order valence-electron chi connectivity index (χ1n) is 6.78. The Bertz CT molecular complexity index is 744. The Kier molecular flexibility index (Phi) is 3.85. The van der Waals surface area contributed by atoms with E-state index in [1.807, 2.05) is 0 Å². The lowest BCUT2D eigenvalue weighted by Crippen LogP contribution is -2.25. The predicted molar refractivity (Wildman–Crippen MR) is 75.2 cm³/mol. The zero-order chi connectivity index (χ0) is 16.4. The number of fused-ring (bicyclic) bond motifs is 1. The highest BCUT2D eigenvalue weighted by atomic mass is 19.4. The van der Waals surface area contributed by atoms with E-state index in [0.29, 0.717) is 17.1 Å². The number of ether oxygens (including phenoxy) is 2. The molecule has 0 bridgehead atoms. The molecule has 1 amide bonds. The first-order chi connectivity index (χ1) is 10.9. The van der Waals surface area contributed by atoms with Gasteiger partial charge < -0.3 is 14.8 Å². The minimum Gasteiger partial charge on any atom is -0.454 e. The van der Waals surface area contributed by atoms with Gasteiger partial charge in [0.15, 0.2) is 11.5 Å². The van der Waals surface area contributed by atoms with Crippen LogP contribution >= 0.6 is 0 Å². The summed E-state index contributed by atoms with van der Waals surface area (Å²) >= 11 is 0. The summed E-state index contributed by atoms with van der Waals surface area (Å²) in [5.74, 6) is 0.366. The molecule has 0 atom stereocenters. The van der Waals surface area contributed by atoms with Gasteiger partial charge in [-0.15, -0.1) is 0 Å². The SMILES string of the molecule is O=C(NCc1ccc2c(c1)OCO2)c1ccccc1C(F)(F)F. The number of rotatable bonds is 3. The van der Waals surface area contributed by atoms with Crippen LogP contribution in [0, 0.1) is 0 Å². The molecule has 0 spiro atoms. The minimum absolute atomic E-state index is 0.0850. The molecule has 7 heteroatoms. The second-order valence-corrected chi connectivity index (χ2v) is 4.91. The molecule has 1 aliphatic heterocycles. The Morgan fingerprint density at radius 3 is 2.61 bits per heavy atom. The molecule has 0 unspecified atom stereocenters. The van der Waals surface area contributed by atoms with Crippen molar-refractivity contribution in [1.82, 2.24) is 5.32 Å². The van der Waals surface area contributed by atoms with Gasteiger partial charge in [-0.05, 0) is 29.8 Å². The molecule has 1 aliphatic rings. The summed E-state index contributed by atoms with van der Waals surface area (Å²) in [7, 11) is 0. The molecule has 120 valence electrons. The van der Waals surface area contributed by atoms with E-state index in [1.165, 1.54) is 12.1 Å². The van der Waals surface area contributed by atoms with Crippen LogP contribution in [0.3, 0.4) is 0 Å². The largest absolute Gasteiger partial charge is 0.454 e. The minimum atomic E-state index is -4.58. The third-order valence-corrected chi connectivity index (χ3v) is 3.37. The molecule has 1 heterocycles. The van der Waals surface area contributed by atoms with Crippen LogP contribution in [0.1, 0.15) is 21.5 Å². The Labute approximate surface area is 129 Å². The van der Waals surface area contributed by atoms with Crippen LogP contribution in [0.4, 0.5) is 13.2 Å².